The second kappa shape index (κ2) is 7.89. The molecule has 0 bridgehead atoms. The normalized spacial score (nSPS) is 21.2. The second-order valence-corrected chi connectivity index (χ2v) is 8.70. The largest absolute Gasteiger partial charge is 0.378 e. The molecule has 2 atom stereocenters. The van der Waals surface area contributed by atoms with Crippen molar-refractivity contribution in [1.29, 1.82) is 0 Å². The monoisotopic (exact) mass is 415 g/mol. The van der Waals surface area contributed by atoms with Crippen LogP contribution in [0.1, 0.15) is 36.7 Å². The van der Waals surface area contributed by atoms with Crippen LogP contribution in [0.5, 0.6) is 0 Å². The highest BCUT2D eigenvalue weighted by atomic mass is 16.5. The van der Waals surface area contributed by atoms with Crippen LogP contribution >= 0.6 is 0 Å². The van der Waals surface area contributed by atoms with E-state index in [0.29, 0.717) is 5.57 Å². The number of benzene rings is 2. The molecule has 1 saturated heterocycles. The predicted octanol–water partition coefficient (Wildman–Crippen LogP) is 4.44. The average molecular weight is 416 g/mol. The number of para-hydroxylation sites is 1. The molecule has 0 radical (unpaired) electrons. The zero-order valence-corrected chi connectivity index (χ0v) is 18.2. The zero-order valence-electron chi connectivity index (χ0n) is 18.2. The fourth-order valence-electron chi connectivity index (χ4n) is 5.02. The van der Waals surface area contributed by atoms with E-state index in [1.807, 2.05) is 4.90 Å². The number of amides is 1. The molecule has 5 heteroatoms. The smallest absolute Gasteiger partial charge is 0.249 e. The van der Waals surface area contributed by atoms with Crippen LogP contribution in [0.25, 0.3) is 10.9 Å². The summed E-state index contributed by atoms with van der Waals surface area (Å²) in [6.07, 6.45) is 0.834. The van der Waals surface area contributed by atoms with Crippen molar-refractivity contribution in [3.8, 4) is 0 Å². The van der Waals surface area contributed by atoms with Gasteiger partial charge in [0.05, 0.1) is 19.3 Å². The van der Waals surface area contributed by atoms with Crippen LogP contribution in [0.2, 0.25) is 0 Å². The van der Waals surface area contributed by atoms with Crippen LogP contribution in [0.3, 0.4) is 0 Å². The summed E-state index contributed by atoms with van der Waals surface area (Å²) in [6.45, 7) is 11.2. The summed E-state index contributed by atoms with van der Waals surface area (Å²) in [7, 11) is 0. The maximum Gasteiger partial charge on any atom is 0.249 e. The molecule has 3 aromatic rings. The van der Waals surface area contributed by atoms with Crippen molar-refractivity contribution >= 4 is 22.5 Å². The molecule has 5 rings (SSSR count). The first-order chi connectivity index (χ1) is 15.0. The van der Waals surface area contributed by atoms with Crippen LogP contribution in [-0.4, -0.2) is 48.1 Å². The Morgan fingerprint density at radius 2 is 1.81 bits per heavy atom. The van der Waals surface area contributed by atoms with E-state index in [4.69, 9.17) is 4.74 Å². The molecule has 0 saturated carbocycles. The number of aromatic amines is 1. The molecule has 0 aliphatic carbocycles. The Kier molecular flexibility index (Phi) is 5.06. The first-order valence-electron chi connectivity index (χ1n) is 11.0. The quantitative estimate of drug-likeness (QED) is 0.643. The molecule has 3 heterocycles. The van der Waals surface area contributed by atoms with E-state index in [0.717, 1.165) is 49.5 Å². The van der Waals surface area contributed by atoms with Crippen LogP contribution in [0.15, 0.2) is 60.7 Å². The van der Waals surface area contributed by atoms with Crippen LogP contribution in [0, 0.1) is 0 Å². The lowest BCUT2D eigenvalue weighted by Gasteiger charge is -2.41. The molecule has 0 spiro atoms. The number of hydrogen-bond donors (Lipinski definition) is 1. The number of nitrogens with one attached hydrogen (secondary N) is 1. The van der Waals surface area contributed by atoms with E-state index >= 15 is 0 Å². The molecule has 1 fully saturated rings. The van der Waals surface area contributed by atoms with Gasteiger partial charge in [-0.2, -0.15) is 0 Å². The first-order valence-corrected chi connectivity index (χ1v) is 11.0. The number of morpholine rings is 1. The Labute approximate surface area is 183 Å². The van der Waals surface area contributed by atoms with E-state index in [-0.39, 0.29) is 18.0 Å². The van der Waals surface area contributed by atoms with Gasteiger partial charge >= 0.3 is 0 Å². The molecule has 1 N–H and O–H groups in total. The summed E-state index contributed by atoms with van der Waals surface area (Å²) in [4.78, 5) is 21.2. The highest BCUT2D eigenvalue weighted by Gasteiger charge is 2.38. The van der Waals surface area contributed by atoms with Gasteiger partial charge in [-0.05, 0) is 49.6 Å². The third-order valence-electron chi connectivity index (χ3n) is 6.56. The lowest BCUT2D eigenvalue weighted by Crippen LogP contribution is -2.46. The number of H-pyrrole nitrogens is 1. The molecule has 2 aliphatic heterocycles. The van der Waals surface area contributed by atoms with Crippen LogP contribution in [-0.2, 0) is 16.0 Å². The maximum absolute atomic E-state index is 13.2. The molecule has 5 nitrogen and oxygen atoms in total. The third kappa shape index (κ3) is 3.43. The van der Waals surface area contributed by atoms with Gasteiger partial charge in [0.2, 0.25) is 5.91 Å². The van der Waals surface area contributed by atoms with Crippen molar-refractivity contribution in [1.82, 2.24) is 9.88 Å². The third-order valence-corrected chi connectivity index (χ3v) is 6.56. The maximum atomic E-state index is 13.2. The Morgan fingerprint density at radius 1 is 1.10 bits per heavy atom. The van der Waals surface area contributed by atoms with Gasteiger partial charge in [0, 0.05) is 47.0 Å². The standard InChI is InChI=1S/C26H29N3O2/c1-17(2)26(30)29-18(3)16-22-21-6-4-5-7-23(21)27-24(22)25(29)19-8-10-20(11-9-19)28-12-14-31-15-13-28/h4-11,18,25,27H,1,12-16H2,2-3H3/t18-,25-/m0/s1. The van der Waals surface area contributed by atoms with Gasteiger partial charge < -0.3 is 19.5 Å². The Hall–Kier alpha value is -3.05. The highest BCUT2D eigenvalue weighted by molar-refractivity contribution is 5.94. The summed E-state index contributed by atoms with van der Waals surface area (Å²) in [5, 5.41) is 1.25. The van der Waals surface area contributed by atoms with Crippen molar-refractivity contribution in [2.45, 2.75) is 32.4 Å². The summed E-state index contributed by atoms with van der Waals surface area (Å²) >= 11 is 0. The summed E-state index contributed by atoms with van der Waals surface area (Å²) in [5.74, 6) is 0.0130. The van der Waals surface area contributed by atoms with Gasteiger partial charge in [0.15, 0.2) is 0 Å². The minimum Gasteiger partial charge on any atom is -0.378 e. The molecule has 0 unspecified atom stereocenters. The molecule has 1 aromatic heterocycles. The minimum absolute atomic E-state index is 0.0130. The molecular formula is C26H29N3O2. The van der Waals surface area contributed by atoms with Crippen molar-refractivity contribution in [3.05, 3.63) is 77.5 Å². The topological polar surface area (TPSA) is 48.6 Å². The number of rotatable bonds is 3. The fourth-order valence-corrected chi connectivity index (χ4v) is 5.02. The molecule has 160 valence electrons. The Morgan fingerprint density at radius 3 is 2.52 bits per heavy atom. The van der Waals surface area contributed by atoms with Gasteiger partial charge in [-0.25, -0.2) is 0 Å². The Bertz CT molecular complexity index is 1130. The predicted molar refractivity (Wildman–Crippen MR) is 124 cm³/mol. The molecule has 31 heavy (non-hydrogen) atoms. The molecule has 1 amide bonds. The van der Waals surface area contributed by atoms with Crippen LogP contribution in [0.4, 0.5) is 5.69 Å². The van der Waals surface area contributed by atoms with Crippen LogP contribution < -0.4 is 4.90 Å². The van der Waals surface area contributed by atoms with E-state index in [1.165, 1.54) is 16.6 Å². The SMILES string of the molecule is C=C(C)C(=O)N1[C@@H](c2ccc(N3CCOCC3)cc2)c2[nH]c3ccccc3c2C[C@@H]1C. The van der Waals surface area contributed by atoms with Gasteiger partial charge in [0.1, 0.15) is 0 Å². The number of hydrogen-bond acceptors (Lipinski definition) is 3. The van der Waals surface area contributed by atoms with E-state index in [9.17, 15) is 4.79 Å². The molecule has 2 aliphatic rings. The lowest BCUT2D eigenvalue weighted by molar-refractivity contribution is -0.131. The number of aromatic nitrogens is 1. The summed E-state index contributed by atoms with van der Waals surface area (Å²) < 4.78 is 5.48. The number of carbonyl (C=O) groups excluding carboxylic acids is 1. The Balaban J connectivity index is 1.60. The van der Waals surface area contributed by atoms with Gasteiger partial charge in [-0.3, -0.25) is 4.79 Å². The van der Waals surface area contributed by atoms with Crippen molar-refractivity contribution in [2.75, 3.05) is 31.2 Å². The number of carbonyl (C=O) groups is 1. The molecule has 2 aromatic carbocycles. The van der Waals surface area contributed by atoms with E-state index in [1.54, 1.807) is 6.92 Å². The van der Waals surface area contributed by atoms with Crippen molar-refractivity contribution in [3.63, 3.8) is 0 Å². The zero-order chi connectivity index (χ0) is 21.5. The second-order valence-electron chi connectivity index (χ2n) is 8.70. The summed E-state index contributed by atoms with van der Waals surface area (Å²) in [6, 6.07) is 17.0. The number of ether oxygens (including phenoxy) is 1. The average Bonchev–Trinajstić information content (AvgIpc) is 3.16. The summed E-state index contributed by atoms with van der Waals surface area (Å²) in [5.41, 5.74) is 6.45. The fraction of sp³-hybridized carbons (Fsp3) is 0.346. The van der Waals surface area contributed by atoms with Gasteiger partial charge in [0.25, 0.3) is 0 Å². The number of anilines is 1. The number of nitrogens with zero attached hydrogens (tertiary/aromatic N) is 2. The van der Waals surface area contributed by atoms with Gasteiger partial charge in [-0.1, -0.05) is 36.9 Å². The van der Waals surface area contributed by atoms with Crippen molar-refractivity contribution in [2.24, 2.45) is 0 Å². The van der Waals surface area contributed by atoms with Crippen molar-refractivity contribution < 1.29 is 9.53 Å². The molecular weight excluding hydrogens is 386 g/mol. The lowest BCUT2D eigenvalue weighted by atomic mass is 9.88. The minimum atomic E-state index is -0.158. The van der Waals surface area contributed by atoms with E-state index in [2.05, 4.69) is 71.9 Å². The van der Waals surface area contributed by atoms with Gasteiger partial charge in [-0.15, -0.1) is 0 Å². The van der Waals surface area contributed by atoms with E-state index < -0.39 is 0 Å². The first kappa shape index (κ1) is 19.9. The highest BCUT2D eigenvalue weighted by Crippen LogP contribution is 2.41. The number of fused-ring (bicyclic) bond motifs is 3.